The zero-order valence-corrected chi connectivity index (χ0v) is 18.9. The first-order valence-electron chi connectivity index (χ1n) is 9.62. The van der Waals surface area contributed by atoms with Crippen molar-refractivity contribution >= 4 is 40.9 Å². The van der Waals surface area contributed by atoms with Crippen LogP contribution in [0.1, 0.15) is 16.7 Å². The molecule has 0 saturated carbocycles. The minimum atomic E-state index is -0.594. The van der Waals surface area contributed by atoms with Gasteiger partial charge in [0, 0.05) is 11.3 Å². The molecule has 0 saturated heterocycles. The van der Waals surface area contributed by atoms with E-state index >= 15 is 0 Å². The summed E-state index contributed by atoms with van der Waals surface area (Å²) in [5.41, 5.74) is 2.14. The maximum Gasteiger partial charge on any atom is 0.266 e. The third kappa shape index (κ3) is 6.05. The van der Waals surface area contributed by atoms with Crippen molar-refractivity contribution in [2.45, 2.75) is 6.61 Å². The van der Waals surface area contributed by atoms with Gasteiger partial charge in [0.15, 0.2) is 11.5 Å². The summed E-state index contributed by atoms with van der Waals surface area (Å²) in [6, 6.07) is 20.8. The molecule has 0 aliphatic carbocycles. The van der Waals surface area contributed by atoms with Crippen molar-refractivity contribution in [3.63, 3.8) is 0 Å². The van der Waals surface area contributed by atoms with Crippen molar-refractivity contribution in [1.82, 2.24) is 0 Å². The second-order valence-electron chi connectivity index (χ2n) is 6.72. The van der Waals surface area contributed by atoms with Crippen LogP contribution in [-0.2, 0) is 11.4 Å². The summed E-state index contributed by atoms with van der Waals surface area (Å²) >= 11 is 11.8. The number of halogens is 2. The fourth-order valence-corrected chi connectivity index (χ4v) is 3.19. The molecule has 6 nitrogen and oxygen atoms in total. The topological polar surface area (TPSA) is 95.1 Å². The number of anilines is 1. The minimum absolute atomic E-state index is 0.111. The monoisotopic (exact) mass is 477 g/mol. The van der Waals surface area contributed by atoms with E-state index in [0.717, 1.165) is 5.56 Å². The van der Waals surface area contributed by atoms with Gasteiger partial charge < -0.3 is 14.8 Å². The molecule has 3 aromatic carbocycles. The molecule has 0 aliphatic heterocycles. The Balaban J connectivity index is 1.77. The summed E-state index contributed by atoms with van der Waals surface area (Å²) in [5, 5.41) is 21.9. The van der Waals surface area contributed by atoms with Gasteiger partial charge in [0.1, 0.15) is 18.2 Å². The fraction of sp³-hybridized carbons (Fsp3) is 0.0800. The van der Waals surface area contributed by atoms with Crippen LogP contribution in [0.15, 0.2) is 66.2 Å². The van der Waals surface area contributed by atoms with E-state index in [4.69, 9.17) is 32.7 Å². The molecule has 0 bridgehead atoms. The first kappa shape index (κ1) is 23.7. The summed E-state index contributed by atoms with van der Waals surface area (Å²) in [7, 11) is 1.49. The molecule has 0 fully saturated rings. The number of ether oxygens (including phenoxy) is 2. The van der Waals surface area contributed by atoms with E-state index < -0.39 is 5.91 Å². The first-order chi connectivity index (χ1) is 15.9. The molecular weight excluding hydrogens is 461 g/mol. The number of amides is 1. The molecule has 1 N–H and O–H groups in total. The van der Waals surface area contributed by atoms with Crippen molar-refractivity contribution in [1.29, 1.82) is 10.5 Å². The fourth-order valence-electron chi connectivity index (χ4n) is 2.89. The van der Waals surface area contributed by atoms with Gasteiger partial charge in [0.2, 0.25) is 0 Å². The molecule has 33 heavy (non-hydrogen) atoms. The summed E-state index contributed by atoms with van der Waals surface area (Å²) in [5.74, 6) is 0.282. The van der Waals surface area contributed by atoms with E-state index in [1.54, 1.807) is 42.5 Å². The maximum atomic E-state index is 12.5. The number of nitriles is 2. The van der Waals surface area contributed by atoms with Gasteiger partial charge in [-0.05, 0) is 48.0 Å². The van der Waals surface area contributed by atoms with E-state index in [9.17, 15) is 15.3 Å². The zero-order chi connectivity index (χ0) is 23.8. The number of nitrogens with one attached hydrogen (secondary N) is 1. The zero-order valence-electron chi connectivity index (χ0n) is 17.4. The Bertz CT molecular complexity index is 1310. The van der Waals surface area contributed by atoms with Crippen LogP contribution < -0.4 is 14.8 Å². The molecule has 0 atom stereocenters. The molecule has 0 aliphatic rings. The number of benzene rings is 3. The molecule has 3 aromatic rings. The SMILES string of the molecule is COc1cc(/C=C(\C#N)C(=O)Nc2ccc(Cl)c(Cl)c2)ccc1OCc1ccccc1C#N. The largest absolute Gasteiger partial charge is 0.493 e. The predicted molar refractivity (Wildman–Crippen MR) is 127 cm³/mol. The number of carbonyl (C=O) groups is 1. The van der Waals surface area contributed by atoms with E-state index in [0.29, 0.717) is 33.3 Å². The van der Waals surface area contributed by atoms with Gasteiger partial charge in [0.05, 0.1) is 28.8 Å². The highest BCUT2D eigenvalue weighted by atomic mass is 35.5. The average molecular weight is 478 g/mol. The van der Waals surface area contributed by atoms with Crippen molar-refractivity contribution < 1.29 is 14.3 Å². The van der Waals surface area contributed by atoms with Gasteiger partial charge >= 0.3 is 0 Å². The smallest absolute Gasteiger partial charge is 0.266 e. The highest BCUT2D eigenvalue weighted by molar-refractivity contribution is 6.42. The number of hydrogen-bond donors (Lipinski definition) is 1. The lowest BCUT2D eigenvalue weighted by Crippen LogP contribution is -2.13. The van der Waals surface area contributed by atoms with Gasteiger partial charge in [-0.1, -0.05) is 47.5 Å². The highest BCUT2D eigenvalue weighted by Crippen LogP contribution is 2.30. The van der Waals surface area contributed by atoms with Crippen LogP contribution in [0.4, 0.5) is 5.69 Å². The van der Waals surface area contributed by atoms with E-state index in [2.05, 4.69) is 11.4 Å². The lowest BCUT2D eigenvalue weighted by Gasteiger charge is -2.12. The second-order valence-corrected chi connectivity index (χ2v) is 7.54. The highest BCUT2D eigenvalue weighted by Gasteiger charge is 2.12. The Labute approximate surface area is 201 Å². The van der Waals surface area contributed by atoms with Crippen LogP contribution >= 0.6 is 23.2 Å². The molecule has 0 heterocycles. The lowest BCUT2D eigenvalue weighted by molar-refractivity contribution is -0.112. The average Bonchev–Trinajstić information content (AvgIpc) is 2.83. The molecule has 164 valence electrons. The molecule has 0 radical (unpaired) electrons. The Morgan fingerprint density at radius 3 is 2.52 bits per heavy atom. The van der Waals surface area contributed by atoms with Crippen molar-refractivity contribution in [3.05, 3.63) is 93.0 Å². The summed E-state index contributed by atoms with van der Waals surface area (Å²) in [6.45, 7) is 0.185. The number of carbonyl (C=O) groups excluding carboxylic acids is 1. The first-order valence-corrected chi connectivity index (χ1v) is 10.4. The van der Waals surface area contributed by atoms with Crippen LogP contribution in [0.25, 0.3) is 6.08 Å². The third-order valence-electron chi connectivity index (χ3n) is 4.56. The van der Waals surface area contributed by atoms with Gasteiger partial charge in [-0.25, -0.2) is 0 Å². The Kier molecular flexibility index (Phi) is 7.94. The molecule has 0 aromatic heterocycles. The second kappa shape index (κ2) is 11.1. The van der Waals surface area contributed by atoms with Gasteiger partial charge in [0.25, 0.3) is 5.91 Å². The minimum Gasteiger partial charge on any atom is -0.493 e. The molecule has 3 rings (SSSR count). The lowest BCUT2D eigenvalue weighted by atomic mass is 10.1. The van der Waals surface area contributed by atoms with Crippen LogP contribution in [0.2, 0.25) is 10.0 Å². The van der Waals surface area contributed by atoms with E-state index in [1.165, 1.54) is 19.3 Å². The molecule has 1 amide bonds. The van der Waals surface area contributed by atoms with E-state index in [1.807, 2.05) is 18.2 Å². The normalized spacial score (nSPS) is 10.6. The van der Waals surface area contributed by atoms with Crippen molar-refractivity contribution in [3.8, 4) is 23.6 Å². The molecule has 0 unspecified atom stereocenters. The predicted octanol–water partition coefficient (Wildman–Crippen LogP) is 6.00. The van der Waals surface area contributed by atoms with Crippen LogP contribution in [0.3, 0.4) is 0 Å². The Hall–Kier alpha value is -3.97. The Morgan fingerprint density at radius 2 is 1.82 bits per heavy atom. The molecule has 8 heteroatoms. The molecular formula is C25H17Cl2N3O3. The Morgan fingerprint density at radius 1 is 1.03 bits per heavy atom. The van der Waals surface area contributed by atoms with Crippen molar-refractivity contribution in [2.75, 3.05) is 12.4 Å². The summed E-state index contributed by atoms with van der Waals surface area (Å²) in [4.78, 5) is 12.5. The maximum absolute atomic E-state index is 12.5. The standard InChI is InChI=1S/C25H17Cl2N3O3/c1-32-24-11-16(6-9-23(24)33-15-18-5-3-2-4-17(18)13-28)10-19(14-29)25(31)30-20-7-8-21(26)22(27)12-20/h2-12H,15H2,1H3,(H,30,31)/b19-10+. The third-order valence-corrected chi connectivity index (χ3v) is 5.30. The summed E-state index contributed by atoms with van der Waals surface area (Å²) < 4.78 is 11.2. The van der Waals surface area contributed by atoms with Gasteiger partial charge in [-0.15, -0.1) is 0 Å². The number of nitrogens with zero attached hydrogens (tertiary/aromatic N) is 2. The number of rotatable bonds is 7. The van der Waals surface area contributed by atoms with E-state index in [-0.39, 0.29) is 17.2 Å². The van der Waals surface area contributed by atoms with Gasteiger partial charge in [-0.2, -0.15) is 10.5 Å². The van der Waals surface area contributed by atoms with Crippen LogP contribution in [0, 0.1) is 22.7 Å². The number of methoxy groups -OCH3 is 1. The summed E-state index contributed by atoms with van der Waals surface area (Å²) in [6.07, 6.45) is 1.43. The number of hydrogen-bond acceptors (Lipinski definition) is 5. The van der Waals surface area contributed by atoms with Crippen LogP contribution in [0.5, 0.6) is 11.5 Å². The van der Waals surface area contributed by atoms with Gasteiger partial charge in [-0.3, -0.25) is 4.79 Å². The molecule has 0 spiro atoms. The quantitative estimate of drug-likeness (QED) is 0.332. The van der Waals surface area contributed by atoms with Crippen LogP contribution in [-0.4, -0.2) is 13.0 Å². The van der Waals surface area contributed by atoms with Crippen molar-refractivity contribution in [2.24, 2.45) is 0 Å².